The molecular formula is C15H20ClFN2O2. The molecule has 0 heterocycles. The molecule has 1 aliphatic carbocycles. The lowest BCUT2D eigenvalue weighted by atomic mass is 9.85. The van der Waals surface area contributed by atoms with E-state index in [1.165, 1.54) is 6.07 Å². The second kappa shape index (κ2) is 7.20. The normalized spacial score (nSPS) is 21.3. The largest absolute Gasteiger partial charge is 0.480 e. The lowest BCUT2D eigenvalue weighted by Crippen LogP contribution is -2.53. The van der Waals surface area contributed by atoms with Crippen LogP contribution in [0.15, 0.2) is 18.2 Å². The molecule has 0 amide bonds. The first-order chi connectivity index (χ1) is 9.99. The molecule has 4 nitrogen and oxygen atoms in total. The summed E-state index contributed by atoms with van der Waals surface area (Å²) in [5.74, 6) is -1.19. The van der Waals surface area contributed by atoms with Crippen molar-refractivity contribution in [1.82, 2.24) is 10.2 Å². The Hall–Kier alpha value is -1.17. The van der Waals surface area contributed by atoms with Crippen molar-refractivity contribution in [2.45, 2.75) is 38.4 Å². The fourth-order valence-electron chi connectivity index (χ4n) is 2.64. The third kappa shape index (κ3) is 4.40. The molecule has 6 heteroatoms. The van der Waals surface area contributed by atoms with Crippen LogP contribution in [0.25, 0.3) is 0 Å². The summed E-state index contributed by atoms with van der Waals surface area (Å²) in [6.45, 7) is 3.40. The average molecular weight is 315 g/mol. The Morgan fingerprint density at radius 1 is 1.52 bits per heavy atom. The Bertz CT molecular complexity index is 506. The molecular weight excluding hydrogens is 295 g/mol. The number of carboxylic acids is 1. The summed E-state index contributed by atoms with van der Waals surface area (Å²) in [4.78, 5) is 12.7. The van der Waals surface area contributed by atoms with Crippen LogP contribution in [0.1, 0.15) is 25.3 Å². The van der Waals surface area contributed by atoms with Crippen LogP contribution in [0.3, 0.4) is 0 Å². The minimum absolute atomic E-state index is 0.0935. The van der Waals surface area contributed by atoms with Gasteiger partial charge in [0.05, 0.1) is 11.6 Å². The average Bonchev–Trinajstić information content (AvgIpc) is 2.39. The zero-order valence-corrected chi connectivity index (χ0v) is 12.7. The van der Waals surface area contributed by atoms with Crippen molar-refractivity contribution < 1.29 is 14.3 Å². The Morgan fingerprint density at radius 2 is 2.24 bits per heavy atom. The van der Waals surface area contributed by atoms with E-state index < -0.39 is 11.8 Å². The molecule has 0 bridgehead atoms. The quantitative estimate of drug-likeness (QED) is 0.812. The van der Waals surface area contributed by atoms with Gasteiger partial charge < -0.3 is 10.4 Å². The molecule has 1 saturated carbocycles. The zero-order chi connectivity index (χ0) is 15.4. The number of carbonyl (C=O) groups is 1. The molecule has 0 atom stereocenters. The number of rotatable bonds is 7. The molecule has 21 heavy (non-hydrogen) atoms. The number of benzene rings is 1. The summed E-state index contributed by atoms with van der Waals surface area (Å²) in [5.41, 5.74) is 0.859. The van der Waals surface area contributed by atoms with Crippen LogP contribution in [0.5, 0.6) is 0 Å². The molecule has 1 aliphatic rings. The number of likely N-dealkylation sites (N-methyl/N-ethyl adjacent to an activating group) is 1. The van der Waals surface area contributed by atoms with E-state index in [0.29, 0.717) is 18.6 Å². The van der Waals surface area contributed by atoms with Gasteiger partial charge in [-0.1, -0.05) is 24.6 Å². The summed E-state index contributed by atoms with van der Waals surface area (Å²) >= 11 is 5.64. The van der Waals surface area contributed by atoms with Gasteiger partial charge in [-0.05, 0) is 37.1 Å². The Balaban J connectivity index is 1.75. The highest BCUT2D eigenvalue weighted by molar-refractivity contribution is 6.30. The highest BCUT2D eigenvalue weighted by atomic mass is 35.5. The predicted octanol–water partition coefficient (Wildman–Crippen LogP) is 2.51. The maximum Gasteiger partial charge on any atom is 0.317 e. The lowest BCUT2D eigenvalue weighted by Gasteiger charge is -2.42. The third-order valence-electron chi connectivity index (χ3n) is 3.95. The molecule has 0 unspecified atom stereocenters. The van der Waals surface area contributed by atoms with Gasteiger partial charge in [-0.15, -0.1) is 0 Å². The highest BCUT2D eigenvalue weighted by Crippen LogP contribution is 2.26. The molecule has 0 radical (unpaired) electrons. The van der Waals surface area contributed by atoms with Gasteiger partial charge >= 0.3 is 5.97 Å². The second-order valence-electron chi connectivity index (χ2n) is 5.41. The molecule has 1 aromatic rings. The molecule has 2 rings (SSSR count). The first kappa shape index (κ1) is 16.2. The van der Waals surface area contributed by atoms with Crippen LogP contribution in [-0.4, -0.2) is 41.1 Å². The van der Waals surface area contributed by atoms with Gasteiger partial charge in [0.2, 0.25) is 0 Å². The number of aliphatic carboxylic acids is 1. The minimum atomic E-state index is -0.787. The highest BCUT2D eigenvalue weighted by Gasteiger charge is 2.33. The molecule has 2 N–H and O–H groups in total. The van der Waals surface area contributed by atoms with Gasteiger partial charge in [-0.25, -0.2) is 4.39 Å². The van der Waals surface area contributed by atoms with Crippen molar-refractivity contribution in [2.75, 3.05) is 13.1 Å². The fourth-order valence-corrected chi connectivity index (χ4v) is 2.75. The van der Waals surface area contributed by atoms with Crippen LogP contribution < -0.4 is 5.32 Å². The fraction of sp³-hybridized carbons (Fsp3) is 0.533. The van der Waals surface area contributed by atoms with E-state index in [2.05, 4.69) is 5.32 Å². The number of hydrogen-bond donors (Lipinski definition) is 2. The lowest BCUT2D eigenvalue weighted by molar-refractivity contribution is -0.139. The minimum Gasteiger partial charge on any atom is -0.480 e. The van der Waals surface area contributed by atoms with Crippen LogP contribution in [0.4, 0.5) is 4.39 Å². The van der Waals surface area contributed by atoms with Gasteiger partial charge in [0.1, 0.15) is 5.82 Å². The van der Waals surface area contributed by atoms with Crippen molar-refractivity contribution in [3.8, 4) is 0 Å². The molecule has 0 aliphatic heterocycles. The maximum atomic E-state index is 13.3. The topological polar surface area (TPSA) is 52.6 Å². The summed E-state index contributed by atoms with van der Waals surface area (Å²) < 4.78 is 13.3. The Labute approximate surface area is 128 Å². The van der Waals surface area contributed by atoms with E-state index in [4.69, 9.17) is 16.7 Å². The van der Waals surface area contributed by atoms with Gasteiger partial charge in [-0.3, -0.25) is 9.69 Å². The molecule has 0 spiro atoms. The Kier molecular flexibility index (Phi) is 5.56. The molecule has 0 saturated heterocycles. The van der Waals surface area contributed by atoms with Gasteiger partial charge in [0.15, 0.2) is 0 Å². The number of hydrogen-bond acceptors (Lipinski definition) is 3. The van der Waals surface area contributed by atoms with Crippen LogP contribution in [0.2, 0.25) is 5.02 Å². The molecule has 1 fully saturated rings. The van der Waals surface area contributed by atoms with E-state index in [1.54, 1.807) is 12.1 Å². The maximum absolute atomic E-state index is 13.3. The number of carboxylic acid groups (broad SMARTS) is 1. The SMILES string of the molecule is CCN(CC(=O)O)C1CC(NCc2ccc(Cl)c(F)c2)C1. The van der Waals surface area contributed by atoms with Crippen molar-refractivity contribution in [3.05, 3.63) is 34.6 Å². The molecule has 1 aromatic carbocycles. The van der Waals surface area contributed by atoms with Crippen molar-refractivity contribution in [2.24, 2.45) is 0 Å². The smallest absolute Gasteiger partial charge is 0.317 e. The summed E-state index contributed by atoms with van der Waals surface area (Å²) in [6.07, 6.45) is 1.86. The van der Waals surface area contributed by atoms with E-state index in [0.717, 1.165) is 24.9 Å². The standard InChI is InChI=1S/C15H20ClFN2O2/c1-2-19(9-15(20)21)12-6-11(7-12)18-8-10-3-4-13(16)14(17)5-10/h3-5,11-12,18H,2,6-9H2,1H3,(H,20,21). The van der Waals surface area contributed by atoms with Crippen molar-refractivity contribution in [1.29, 1.82) is 0 Å². The number of nitrogens with one attached hydrogen (secondary N) is 1. The molecule has 116 valence electrons. The van der Waals surface area contributed by atoms with E-state index in [-0.39, 0.29) is 11.6 Å². The van der Waals surface area contributed by atoms with E-state index in [1.807, 2.05) is 11.8 Å². The number of halogens is 2. The van der Waals surface area contributed by atoms with Crippen LogP contribution in [0, 0.1) is 5.82 Å². The summed E-state index contributed by atoms with van der Waals surface area (Å²) in [6, 6.07) is 5.48. The van der Waals surface area contributed by atoms with Gasteiger partial charge in [0, 0.05) is 18.6 Å². The number of nitrogens with zero attached hydrogens (tertiary/aromatic N) is 1. The third-order valence-corrected chi connectivity index (χ3v) is 4.26. The second-order valence-corrected chi connectivity index (χ2v) is 5.82. The van der Waals surface area contributed by atoms with Gasteiger partial charge in [0.25, 0.3) is 0 Å². The monoisotopic (exact) mass is 314 g/mol. The van der Waals surface area contributed by atoms with Crippen LogP contribution in [-0.2, 0) is 11.3 Å². The first-order valence-electron chi connectivity index (χ1n) is 7.12. The Morgan fingerprint density at radius 3 is 2.81 bits per heavy atom. The molecule has 0 aromatic heterocycles. The van der Waals surface area contributed by atoms with Crippen molar-refractivity contribution >= 4 is 17.6 Å². The predicted molar refractivity (Wildman–Crippen MR) is 79.9 cm³/mol. The zero-order valence-electron chi connectivity index (χ0n) is 12.0. The summed E-state index contributed by atoms with van der Waals surface area (Å²) in [5, 5.41) is 12.3. The van der Waals surface area contributed by atoms with Crippen LogP contribution >= 0.6 is 11.6 Å². The van der Waals surface area contributed by atoms with Crippen molar-refractivity contribution in [3.63, 3.8) is 0 Å². The first-order valence-corrected chi connectivity index (χ1v) is 7.50. The van der Waals surface area contributed by atoms with E-state index >= 15 is 0 Å². The van der Waals surface area contributed by atoms with E-state index in [9.17, 15) is 9.18 Å². The summed E-state index contributed by atoms with van der Waals surface area (Å²) in [7, 11) is 0. The van der Waals surface area contributed by atoms with Gasteiger partial charge in [-0.2, -0.15) is 0 Å².